The van der Waals surface area contributed by atoms with Crippen LogP contribution in [0.4, 0.5) is 4.39 Å². The Balaban J connectivity index is 1.68. The molecule has 0 aliphatic carbocycles. The summed E-state index contributed by atoms with van der Waals surface area (Å²) in [6.45, 7) is 4.74. The van der Waals surface area contributed by atoms with E-state index in [1.807, 2.05) is 0 Å². The molecule has 0 bridgehead atoms. The van der Waals surface area contributed by atoms with Crippen LogP contribution in [0.15, 0.2) is 28.7 Å². The normalized spacial score (nSPS) is 22.0. The van der Waals surface area contributed by atoms with Crippen molar-refractivity contribution in [3.05, 3.63) is 36.0 Å². The summed E-state index contributed by atoms with van der Waals surface area (Å²) in [6.07, 6.45) is 4.22. The zero-order valence-corrected chi connectivity index (χ0v) is 14.0. The number of hydrogen-bond acceptors (Lipinski definition) is 5. The molecule has 2 aromatic rings. The fourth-order valence-electron chi connectivity index (χ4n) is 3.63. The van der Waals surface area contributed by atoms with Crippen molar-refractivity contribution in [2.45, 2.75) is 39.2 Å². The Morgan fingerprint density at radius 2 is 2.25 bits per heavy atom. The molecule has 1 fully saturated rings. The van der Waals surface area contributed by atoms with Crippen LogP contribution >= 0.6 is 0 Å². The maximum Gasteiger partial charge on any atom is 0.247 e. The lowest BCUT2D eigenvalue weighted by atomic mass is 9.77. The number of aliphatic hydroxyl groups excluding tert-OH is 1. The second-order valence-corrected chi connectivity index (χ2v) is 6.73. The summed E-state index contributed by atoms with van der Waals surface area (Å²) in [5.41, 5.74) is 0.571. The number of aliphatic hydroxyl groups is 1. The highest BCUT2D eigenvalue weighted by Gasteiger charge is 2.34. The van der Waals surface area contributed by atoms with E-state index in [4.69, 9.17) is 4.42 Å². The third-order valence-corrected chi connectivity index (χ3v) is 4.75. The molecule has 1 saturated heterocycles. The van der Waals surface area contributed by atoms with Gasteiger partial charge in [-0.25, -0.2) is 4.39 Å². The average Bonchev–Trinajstić information content (AvgIpc) is 3.04. The molecule has 1 N–H and O–H groups in total. The number of halogens is 1. The molecule has 3 rings (SSSR count). The van der Waals surface area contributed by atoms with Gasteiger partial charge in [0.15, 0.2) is 0 Å². The molecule has 1 aliphatic heterocycles. The van der Waals surface area contributed by atoms with E-state index in [-0.39, 0.29) is 17.8 Å². The van der Waals surface area contributed by atoms with E-state index in [9.17, 15) is 9.50 Å². The van der Waals surface area contributed by atoms with E-state index in [0.29, 0.717) is 23.9 Å². The van der Waals surface area contributed by atoms with Crippen molar-refractivity contribution in [2.24, 2.45) is 5.41 Å². The van der Waals surface area contributed by atoms with Gasteiger partial charge in [0.05, 0.1) is 6.54 Å². The second-order valence-electron chi connectivity index (χ2n) is 6.73. The first kappa shape index (κ1) is 17.0. The van der Waals surface area contributed by atoms with Gasteiger partial charge in [0.2, 0.25) is 11.8 Å². The van der Waals surface area contributed by atoms with Gasteiger partial charge in [0.25, 0.3) is 0 Å². The van der Waals surface area contributed by atoms with E-state index < -0.39 is 0 Å². The predicted molar refractivity (Wildman–Crippen MR) is 88.6 cm³/mol. The second kappa shape index (κ2) is 7.40. The minimum atomic E-state index is -0.324. The van der Waals surface area contributed by atoms with Gasteiger partial charge in [-0.15, -0.1) is 10.2 Å². The van der Waals surface area contributed by atoms with Crippen LogP contribution in [0.2, 0.25) is 0 Å². The Morgan fingerprint density at radius 1 is 1.38 bits per heavy atom. The van der Waals surface area contributed by atoms with Crippen molar-refractivity contribution >= 4 is 0 Å². The SMILES string of the molecule is CCC[C@@]1(CO)CCCN(Cc2nnc(-c3cccc(F)c3)o2)C1. The lowest BCUT2D eigenvalue weighted by Crippen LogP contribution is -2.44. The van der Waals surface area contributed by atoms with Gasteiger partial charge in [0, 0.05) is 24.1 Å². The van der Waals surface area contributed by atoms with E-state index in [1.165, 1.54) is 12.1 Å². The first-order valence-corrected chi connectivity index (χ1v) is 8.56. The van der Waals surface area contributed by atoms with Gasteiger partial charge < -0.3 is 9.52 Å². The molecule has 1 atom stereocenters. The number of nitrogens with zero attached hydrogens (tertiary/aromatic N) is 3. The number of likely N-dealkylation sites (tertiary alicyclic amines) is 1. The zero-order chi connectivity index (χ0) is 17.0. The van der Waals surface area contributed by atoms with Crippen molar-refractivity contribution in [1.29, 1.82) is 0 Å². The third-order valence-electron chi connectivity index (χ3n) is 4.75. The number of piperidine rings is 1. The summed E-state index contributed by atoms with van der Waals surface area (Å²) in [7, 11) is 0. The molecule has 0 amide bonds. The Morgan fingerprint density at radius 3 is 3.00 bits per heavy atom. The third kappa shape index (κ3) is 3.82. The van der Waals surface area contributed by atoms with Crippen LogP contribution in [-0.4, -0.2) is 39.9 Å². The van der Waals surface area contributed by atoms with Crippen molar-refractivity contribution < 1.29 is 13.9 Å². The summed E-state index contributed by atoms with van der Waals surface area (Å²) in [5.74, 6) is 0.540. The average molecular weight is 333 g/mol. The molecular formula is C18H24FN3O2. The molecule has 0 spiro atoms. The standard InChI is InChI=1S/C18H24FN3O2/c1-2-7-18(13-23)8-4-9-22(12-18)11-16-20-21-17(24-16)14-5-3-6-15(19)10-14/h3,5-6,10,23H,2,4,7-9,11-13H2,1H3/t18-/m1/s1. The quantitative estimate of drug-likeness (QED) is 0.879. The maximum atomic E-state index is 13.3. The van der Waals surface area contributed by atoms with Crippen LogP contribution in [-0.2, 0) is 6.54 Å². The molecule has 2 heterocycles. The molecule has 1 aromatic heterocycles. The van der Waals surface area contributed by atoms with Crippen LogP contribution in [0.5, 0.6) is 0 Å². The Hall–Kier alpha value is -1.79. The van der Waals surface area contributed by atoms with E-state index >= 15 is 0 Å². The minimum absolute atomic E-state index is 0.0155. The number of rotatable bonds is 6. The van der Waals surface area contributed by atoms with Crippen LogP contribution < -0.4 is 0 Å². The smallest absolute Gasteiger partial charge is 0.247 e. The first-order valence-electron chi connectivity index (χ1n) is 8.56. The largest absolute Gasteiger partial charge is 0.419 e. The molecule has 1 aromatic carbocycles. The maximum absolute atomic E-state index is 13.3. The number of benzene rings is 1. The Labute approximate surface area is 141 Å². The highest BCUT2D eigenvalue weighted by atomic mass is 19.1. The van der Waals surface area contributed by atoms with Crippen LogP contribution in [0, 0.1) is 11.2 Å². The number of hydrogen-bond donors (Lipinski definition) is 1. The van der Waals surface area contributed by atoms with E-state index in [0.717, 1.165) is 38.8 Å². The predicted octanol–water partition coefficient (Wildman–Crippen LogP) is 3.25. The summed E-state index contributed by atoms with van der Waals surface area (Å²) >= 11 is 0. The zero-order valence-electron chi connectivity index (χ0n) is 14.0. The molecule has 1 aliphatic rings. The molecule has 130 valence electrons. The van der Waals surface area contributed by atoms with Crippen LogP contribution in [0.3, 0.4) is 0 Å². The molecule has 5 nitrogen and oxygen atoms in total. The lowest BCUT2D eigenvalue weighted by molar-refractivity contribution is 0.0185. The fraction of sp³-hybridized carbons (Fsp3) is 0.556. The first-order chi connectivity index (χ1) is 11.6. The molecule has 0 radical (unpaired) electrons. The summed E-state index contributed by atoms with van der Waals surface area (Å²) in [5, 5.41) is 17.9. The van der Waals surface area contributed by atoms with Crippen molar-refractivity contribution in [1.82, 2.24) is 15.1 Å². The summed E-state index contributed by atoms with van der Waals surface area (Å²) in [4.78, 5) is 2.26. The molecule has 24 heavy (non-hydrogen) atoms. The van der Waals surface area contributed by atoms with Gasteiger partial charge in [-0.1, -0.05) is 19.4 Å². The fourth-order valence-corrected chi connectivity index (χ4v) is 3.63. The lowest BCUT2D eigenvalue weighted by Gasteiger charge is -2.41. The Bertz CT molecular complexity index is 672. The van der Waals surface area contributed by atoms with E-state index in [1.54, 1.807) is 12.1 Å². The summed E-state index contributed by atoms with van der Waals surface area (Å²) < 4.78 is 19.0. The summed E-state index contributed by atoms with van der Waals surface area (Å²) in [6, 6.07) is 6.14. The molecule has 0 saturated carbocycles. The van der Waals surface area contributed by atoms with Gasteiger partial charge in [-0.05, 0) is 44.0 Å². The highest BCUT2D eigenvalue weighted by molar-refractivity contribution is 5.52. The molecule has 0 unspecified atom stereocenters. The van der Waals surface area contributed by atoms with Gasteiger partial charge in [-0.3, -0.25) is 4.90 Å². The van der Waals surface area contributed by atoms with Crippen LogP contribution in [0.25, 0.3) is 11.5 Å². The topological polar surface area (TPSA) is 62.4 Å². The Kier molecular flexibility index (Phi) is 5.26. The van der Waals surface area contributed by atoms with Crippen molar-refractivity contribution in [2.75, 3.05) is 19.7 Å². The van der Waals surface area contributed by atoms with Crippen molar-refractivity contribution in [3.63, 3.8) is 0 Å². The van der Waals surface area contributed by atoms with Gasteiger partial charge >= 0.3 is 0 Å². The van der Waals surface area contributed by atoms with Gasteiger partial charge in [-0.2, -0.15) is 0 Å². The number of aromatic nitrogens is 2. The monoisotopic (exact) mass is 333 g/mol. The minimum Gasteiger partial charge on any atom is -0.419 e. The van der Waals surface area contributed by atoms with Crippen molar-refractivity contribution in [3.8, 4) is 11.5 Å². The van der Waals surface area contributed by atoms with Gasteiger partial charge in [0.1, 0.15) is 5.82 Å². The molecular weight excluding hydrogens is 309 g/mol. The van der Waals surface area contributed by atoms with Crippen LogP contribution in [0.1, 0.15) is 38.5 Å². The molecule has 6 heteroatoms. The van der Waals surface area contributed by atoms with E-state index in [2.05, 4.69) is 22.0 Å². The highest BCUT2D eigenvalue weighted by Crippen LogP contribution is 2.34.